The van der Waals surface area contributed by atoms with Crippen molar-refractivity contribution < 1.29 is 19.1 Å². The Bertz CT molecular complexity index is 929. The Labute approximate surface area is 167 Å². The average Bonchev–Trinajstić information content (AvgIpc) is 3.00. The van der Waals surface area contributed by atoms with E-state index in [-0.39, 0.29) is 18.2 Å². The number of thioether (sulfide) groups is 1. The van der Waals surface area contributed by atoms with E-state index in [1.165, 1.54) is 18.9 Å². The minimum absolute atomic E-state index is 0.0394. The normalized spacial score (nSPS) is 17.3. The first-order valence-corrected chi connectivity index (χ1v) is 9.51. The number of carbonyl (C=O) groups is 2. The summed E-state index contributed by atoms with van der Waals surface area (Å²) in [6, 6.07) is 12.8. The van der Waals surface area contributed by atoms with Crippen molar-refractivity contribution in [1.82, 2.24) is 5.32 Å². The lowest BCUT2D eigenvalue weighted by molar-refractivity contribution is -0.122. The van der Waals surface area contributed by atoms with E-state index in [1.54, 1.807) is 25.3 Å². The lowest BCUT2D eigenvalue weighted by Gasteiger charge is -2.11. The fourth-order valence-electron chi connectivity index (χ4n) is 2.70. The number of nitrogens with one attached hydrogen (secondary N) is 2. The van der Waals surface area contributed by atoms with Crippen LogP contribution < -0.4 is 20.1 Å². The number of aryl methyl sites for hydroxylation is 1. The van der Waals surface area contributed by atoms with Gasteiger partial charge in [-0.3, -0.25) is 9.59 Å². The SMILES string of the molecule is COc1ccc(NC(=O)C[C@@H]2SC(=Nc3cccc(C)c3)NC2=O)cc1OC. The Morgan fingerprint density at radius 3 is 2.68 bits per heavy atom. The third-order valence-corrected chi connectivity index (χ3v) is 5.13. The average molecular weight is 399 g/mol. The van der Waals surface area contributed by atoms with Gasteiger partial charge in [-0.25, -0.2) is 4.99 Å². The lowest BCUT2D eigenvalue weighted by atomic mass is 10.2. The molecule has 2 aromatic rings. The highest BCUT2D eigenvalue weighted by atomic mass is 32.2. The van der Waals surface area contributed by atoms with Crippen molar-refractivity contribution in [2.24, 2.45) is 4.99 Å². The summed E-state index contributed by atoms with van der Waals surface area (Å²) in [5.74, 6) is 0.597. The molecule has 0 spiro atoms. The van der Waals surface area contributed by atoms with E-state index in [0.717, 1.165) is 11.3 Å². The highest BCUT2D eigenvalue weighted by molar-refractivity contribution is 8.15. The number of amidine groups is 1. The molecule has 0 aliphatic carbocycles. The number of anilines is 1. The number of nitrogens with zero attached hydrogens (tertiary/aromatic N) is 1. The molecular weight excluding hydrogens is 378 g/mol. The molecule has 146 valence electrons. The molecule has 2 N–H and O–H groups in total. The summed E-state index contributed by atoms with van der Waals surface area (Å²) in [6.45, 7) is 1.98. The van der Waals surface area contributed by atoms with Crippen molar-refractivity contribution in [2.45, 2.75) is 18.6 Å². The molecule has 7 nitrogen and oxygen atoms in total. The van der Waals surface area contributed by atoms with Crippen LogP contribution in [0, 0.1) is 6.92 Å². The molecule has 8 heteroatoms. The molecule has 1 fully saturated rings. The molecular formula is C20H21N3O4S. The number of ether oxygens (including phenoxy) is 2. The van der Waals surface area contributed by atoms with E-state index in [0.29, 0.717) is 22.4 Å². The van der Waals surface area contributed by atoms with Gasteiger partial charge in [0.2, 0.25) is 11.8 Å². The predicted molar refractivity (Wildman–Crippen MR) is 111 cm³/mol. The van der Waals surface area contributed by atoms with Crippen molar-refractivity contribution in [3.8, 4) is 11.5 Å². The summed E-state index contributed by atoms with van der Waals surface area (Å²) in [5, 5.41) is 5.49. The number of aliphatic imine (C=N–C) groups is 1. The number of amides is 2. The third kappa shape index (κ3) is 4.83. The topological polar surface area (TPSA) is 89.0 Å². The Kier molecular flexibility index (Phi) is 6.20. The van der Waals surface area contributed by atoms with Crippen molar-refractivity contribution in [2.75, 3.05) is 19.5 Å². The van der Waals surface area contributed by atoms with Crippen LogP contribution in [0.5, 0.6) is 11.5 Å². The summed E-state index contributed by atoms with van der Waals surface area (Å²) in [5.41, 5.74) is 2.42. The van der Waals surface area contributed by atoms with E-state index >= 15 is 0 Å². The second-order valence-electron chi connectivity index (χ2n) is 6.17. The zero-order chi connectivity index (χ0) is 20.1. The summed E-state index contributed by atoms with van der Waals surface area (Å²) < 4.78 is 10.4. The zero-order valence-corrected chi connectivity index (χ0v) is 16.6. The second kappa shape index (κ2) is 8.79. The number of hydrogen-bond acceptors (Lipinski definition) is 6. The summed E-state index contributed by atoms with van der Waals surface area (Å²) in [4.78, 5) is 29.0. The van der Waals surface area contributed by atoms with Crippen molar-refractivity contribution in [3.63, 3.8) is 0 Å². The van der Waals surface area contributed by atoms with Crippen LogP contribution in [0.4, 0.5) is 11.4 Å². The van der Waals surface area contributed by atoms with E-state index in [9.17, 15) is 9.59 Å². The molecule has 0 aromatic heterocycles. The summed E-state index contributed by atoms with van der Waals surface area (Å²) >= 11 is 1.26. The van der Waals surface area contributed by atoms with Crippen LogP contribution >= 0.6 is 11.8 Å². The first kappa shape index (κ1) is 19.8. The minimum Gasteiger partial charge on any atom is -0.493 e. The molecule has 1 atom stereocenters. The van der Waals surface area contributed by atoms with Gasteiger partial charge in [0.1, 0.15) is 5.25 Å². The van der Waals surface area contributed by atoms with E-state index in [1.807, 2.05) is 31.2 Å². The first-order valence-electron chi connectivity index (χ1n) is 8.63. The van der Waals surface area contributed by atoms with Crippen LogP contribution in [0.15, 0.2) is 47.5 Å². The van der Waals surface area contributed by atoms with Gasteiger partial charge in [-0.05, 0) is 36.8 Å². The van der Waals surface area contributed by atoms with Crippen LogP contribution in [0.25, 0.3) is 0 Å². The predicted octanol–water partition coefficient (Wildman–Crippen LogP) is 3.26. The van der Waals surface area contributed by atoms with Gasteiger partial charge in [0.25, 0.3) is 0 Å². The maximum absolute atomic E-state index is 12.4. The maximum Gasteiger partial charge on any atom is 0.240 e. The molecule has 3 rings (SSSR count). The molecule has 0 saturated carbocycles. The Balaban J connectivity index is 1.62. The van der Waals surface area contributed by atoms with Crippen LogP contribution in [0.1, 0.15) is 12.0 Å². The molecule has 0 bridgehead atoms. The third-order valence-electron chi connectivity index (χ3n) is 4.05. The maximum atomic E-state index is 12.4. The van der Waals surface area contributed by atoms with Gasteiger partial charge in [0, 0.05) is 18.2 Å². The first-order chi connectivity index (χ1) is 13.5. The molecule has 1 aliphatic rings. The molecule has 28 heavy (non-hydrogen) atoms. The van der Waals surface area contributed by atoms with Crippen molar-refractivity contribution >= 4 is 40.1 Å². The fourth-order valence-corrected chi connectivity index (χ4v) is 3.69. The molecule has 1 aliphatic heterocycles. The van der Waals surface area contributed by atoms with Crippen LogP contribution in [-0.2, 0) is 9.59 Å². The number of carbonyl (C=O) groups excluding carboxylic acids is 2. The van der Waals surface area contributed by atoms with Gasteiger partial charge in [0.15, 0.2) is 16.7 Å². The summed E-state index contributed by atoms with van der Waals surface area (Å²) in [6.07, 6.45) is 0.0394. The van der Waals surface area contributed by atoms with E-state index in [4.69, 9.17) is 9.47 Å². The second-order valence-corrected chi connectivity index (χ2v) is 7.37. The zero-order valence-electron chi connectivity index (χ0n) is 15.8. The molecule has 0 radical (unpaired) electrons. The largest absolute Gasteiger partial charge is 0.493 e. The minimum atomic E-state index is -0.524. The molecule has 2 aromatic carbocycles. The van der Waals surface area contributed by atoms with Crippen LogP contribution in [0.3, 0.4) is 0 Å². The van der Waals surface area contributed by atoms with Gasteiger partial charge < -0.3 is 20.1 Å². The lowest BCUT2D eigenvalue weighted by Crippen LogP contribution is -2.28. The Hall–Kier alpha value is -3.00. The van der Waals surface area contributed by atoms with Crippen molar-refractivity contribution in [3.05, 3.63) is 48.0 Å². The van der Waals surface area contributed by atoms with Crippen molar-refractivity contribution in [1.29, 1.82) is 0 Å². The van der Waals surface area contributed by atoms with Gasteiger partial charge >= 0.3 is 0 Å². The highest BCUT2D eigenvalue weighted by Gasteiger charge is 2.32. The Morgan fingerprint density at radius 1 is 1.18 bits per heavy atom. The van der Waals surface area contributed by atoms with Gasteiger partial charge in [-0.1, -0.05) is 23.9 Å². The molecule has 1 saturated heterocycles. The number of hydrogen-bond donors (Lipinski definition) is 2. The number of benzene rings is 2. The molecule has 2 amide bonds. The molecule has 1 heterocycles. The van der Waals surface area contributed by atoms with Gasteiger partial charge in [-0.2, -0.15) is 0 Å². The monoisotopic (exact) mass is 399 g/mol. The smallest absolute Gasteiger partial charge is 0.240 e. The highest BCUT2D eigenvalue weighted by Crippen LogP contribution is 2.30. The van der Waals surface area contributed by atoms with E-state index < -0.39 is 5.25 Å². The molecule has 0 unspecified atom stereocenters. The standard InChI is InChI=1S/C20H21N3O4S/c1-12-5-4-6-13(9-12)22-20-23-19(25)17(28-20)11-18(24)21-14-7-8-15(26-2)16(10-14)27-3/h4-10,17H,11H2,1-3H3,(H,21,24)(H,22,23,25)/t17-/m0/s1. The van der Waals surface area contributed by atoms with E-state index in [2.05, 4.69) is 15.6 Å². The quantitative estimate of drug-likeness (QED) is 0.778. The Morgan fingerprint density at radius 2 is 1.96 bits per heavy atom. The fraction of sp³-hybridized carbons (Fsp3) is 0.250. The van der Waals surface area contributed by atoms with Gasteiger partial charge in [0.05, 0.1) is 19.9 Å². The van der Waals surface area contributed by atoms with Crippen LogP contribution in [0.2, 0.25) is 0 Å². The van der Waals surface area contributed by atoms with Crippen LogP contribution in [-0.4, -0.2) is 36.5 Å². The van der Waals surface area contributed by atoms with Gasteiger partial charge in [-0.15, -0.1) is 0 Å². The number of methoxy groups -OCH3 is 2. The summed E-state index contributed by atoms with van der Waals surface area (Å²) in [7, 11) is 3.07. The number of rotatable bonds is 6.